The Morgan fingerprint density at radius 3 is 2.50 bits per heavy atom. The average Bonchev–Trinajstić information content (AvgIpc) is 2.60. The van der Waals surface area contributed by atoms with Crippen LogP contribution in [-0.2, 0) is 11.3 Å². The molecule has 0 aliphatic heterocycles. The highest BCUT2D eigenvalue weighted by Crippen LogP contribution is 2.18. The molecule has 6 nitrogen and oxygen atoms in total. The van der Waals surface area contributed by atoms with E-state index in [4.69, 9.17) is 4.74 Å². The number of methoxy groups -OCH3 is 2. The van der Waals surface area contributed by atoms with E-state index >= 15 is 0 Å². The molecule has 1 aromatic carbocycles. The fraction of sp³-hybridized carbons (Fsp3) is 0.235. The molecule has 0 saturated carbocycles. The van der Waals surface area contributed by atoms with E-state index < -0.39 is 11.8 Å². The van der Waals surface area contributed by atoms with Gasteiger partial charge in [0.25, 0.3) is 5.91 Å². The zero-order valence-corrected chi connectivity index (χ0v) is 13.6. The quantitative estimate of drug-likeness (QED) is 0.786. The van der Waals surface area contributed by atoms with Crippen LogP contribution >= 0.6 is 0 Å². The first-order valence-corrected chi connectivity index (χ1v) is 7.08. The van der Waals surface area contributed by atoms with Crippen LogP contribution in [0, 0.1) is 5.82 Å². The molecular formula is C17H17FN2O4. The number of halogens is 1. The first-order chi connectivity index (χ1) is 11.5. The number of pyridine rings is 1. The number of carbonyl (C=O) groups is 2. The summed E-state index contributed by atoms with van der Waals surface area (Å²) >= 11 is 0. The molecule has 0 bridgehead atoms. The molecule has 2 aromatic rings. The highest BCUT2D eigenvalue weighted by Gasteiger charge is 2.15. The second-order valence-corrected chi connectivity index (χ2v) is 5.05. The topological polar surface area (TPSA) is 68.7 Å². The van der Waals surface area contributed by atoms with Crippen LogP contribution in [0.4, 0.5) is 4.39 Å². The highest BCUT2D eigenvalue weighted by atomic mass is 19.1. The first-order valence-electron chi connectivity index (χ1n) is 7.08. The predicted molar refractivity (Wildman–Crippen MR) is 84.3 cm³/mol. The van der Waals surface area contributed by atoms with E-state index in [1.165, 1.54) is 49.6 Å². The normalized spacial score (nSPS) is 10.2. The minimum Gasteiger partial charge on any atom is -0.494 e. The summed E-state index contributed by atoms with van der Waals surface area (Å²) in [5.41, 5.74) is 1.06. The second-order valence-electron chi connectivity index (χ2n) is 5.05. The van der Waals surface area contributed by atoms with E-state index in [1.54, 1.807) is 13.1 Å². The van der Waals surface area contributed by atoms with E-state index in [1.807, 2.05) is 0 Å². The van der Waals surface area contributed by atoms with Crippen molar-refractivity contribution in [2.24, 2.45) is 0 Å². The molecular weight excluding hydrogens is 315 g/mol. The molecule has 0 spiro atoms. The van der Waals surface area contributed by atoms with Crippen molar-refractivity contribution in [3.63, 3.8) is 0 Å². The molecule has 1 amide bonds. The van der Waals surface area contributed by atoms with Gasteiger partial charge in [-0.2, -0.15) is 0 Å². The lowest BCUT2D eigenvalue weighted by atomic mass is 10.2. The highest BCUT2D eigenvalue weighted by molar-refractivity contribution is 5.94. The molecule has 24 heavy (non-hydrogen) atoms. The number of ether oxygens (including phenoxy) is 2. The fourth-order valence-corrected chi connectivity index (χ4v) is 2.11. The average molecular weight is 332 g/mol. The maximum Gasteiger partial charge on any atom is 0.339 e. The number of amides is 1. The summed E-state index contributed by atoms with van der Waals surface area (Å²) in [5, 5.41) is 0. The number of hydrogen-bond acceptors (Lipinski definition) is 5. The monoisotopic (exact) mass is 332 g/mol. The van der Waals surface area contributed by atoms with Gasteiger partial charge in [0.05, 0.1) is 19.8 Å². The number of nitrogens with zero attached hydrogens (tertiary/aromatic N) is 2. The molecule has 0 unspecified atom stereocenters. The Labute approximate surface area is 138 Å². The minimum atomic E-state index is -0.524. The number of rotatable bonds is 5. The maximum atomic E-state index is 13.7. The van der Waals surface area contributed by atoms with Gasteiger partial charge in [0.2, 0.25) is 0 Å². The van der Waals surface area contributed by atoms with Crippen LogP contribution in [-0.4, -0.2) is 43.0 Å². The number of benzene rings is 1. The van der Waals surface area contributed by atoms with Crippen molar-refractivity contribution in [2.45, 2.75) is 6.54 Å². The molecule has 2 rings (SSSR count). The van der Waals surface area contributed by atoms with Crippen LogP contribution in [0.2, 0.25) is 0 Å². The molecule has 0 aliphatic rings. The van der Waals surface area contributed by atoms with Crippen molar-refractivity contribution in [1.29, 1.82) is 0 Å². The Balaban J connectivity index is 2.09. The fourth-order valence-electron chi connectivity index (χ4n) is 2.11. The lowest BCUT2D eigenvalue weighted by molar-refractivity contribution is 0.0599. The molecule has 0 saturated heterocycles. The van der Waals surface area contributed by atoms with Gasteiger partial charge < -0.3 is 14.4 Å². The van der Waals surface area contributed by atoms with Gasteiger partial charge in [0, 0.05) is 19.8 Å². The molecule has 7 heteroatoms. The van der Waals surface area contributed by atoms with Crippen molar-refractivity contribution in [2.75, 3.05) is 21.3 Å². The molecule has 0 aliphatic carbocycles. The lowest BCUT2D eigenvalue weighted by Gasteiger charge is -2.17. The molecule has 126 valence electrons. The van der Waals surface area contributed by atoms with Crippen LogP contribution in [0.3, 0.4) is 0 Å². The molecule has 0 N–H and O–H groups in total. The Hall–Kier alpha value is -2.96. The molecule has 0 atom stereocenters. The largest absolute Gasteiger partial charge is 0.494 e. The van der Waals surface area contributed by atoms with Crippen LogP contribution in [0.25, 0.3) is 0 Å². The third-order valence-corrected chi connectivity index (χ3v) is 3.39. The van der Waals surface area contributed by atoms with Gasteiger partial charge in [0.1, 0.15) is 5.69 Å². The number of esters is 1. The van der Waals surface area contributed by atoms with E-state index in [9.17, 15) is 14.0 Å². The van der Waals surface area contributed by atoms with Crippen LogP contribution < -0.4 is 4.74 Å². The van der Waals surface area contributed by atoms with E-state index in [-0.39, 0.29) is 29.5 Å². The third kappa shape index (κ3) is 3.87. The molecule has 0 radical (unpaired) electrons. The Bertz CT molecular complexity index is 747. The Morgan fingerprint density at radius 2 is 1.96 bits per heavy atom. The van der Waals surface area contributed by atoms with Crippen LogP contribution in [0.5, 0.6) is 5.75 Å². The first kappa shape index (κ1) is 17.4. The summed E-state index contributed by atoms with van der Waals surface area (Å²) in [4.78, 5) is 29.1. The second kappa shape index (κ2) is 7.54. The molecule has 1 aromatic heterocycles. The zero-order chi connectivity index (χ0) is 17.7. The summed E-state index contributed by atoms with van der Waals surface area (Å²) in [6.07, 6.45) is 1.28. The van der Waals surface area contributed by atoms with E-state index in [2.05, 4.69) is 9.72 Å². The standard InChI is InChI=1S/C17H17FN2O4/c1-20(10-11-4-7-15(23-2)13(18)8-11)16(21)14-6-5-12(9-19-14)17(22)24-3/h4-9H,10H2,1-3H3. The van der Waals surface area contributed by atoms with Crippen LogP contribution in [0.1, 0.15) is 26.4 Å². The van der Waals surface area contributed by atoms with Crippen LogP contribution in [0.15, 0.2) is 36.5 Å². The SMILES string of the molecule is COC(=O)c1ccc(C(=O)N(C)Cc2ccc(OC)c(F)c2)nc1. The minimum absolute atomic E-state index is 0.146. The van der Waals surface area contributed by atoms with Gasteiger partial charge in [-0.05, 0) is 29.8 Å². The van der Waals surface area contributed by atoms with Gasteiger partial charge in [0.15, 0.2) is 11.6 Å². The van der Waals surface area contributed by atoms with E-state index in [0.717, 1.165) is 0 Å². The van der Waals surface area contributed by atoms with Gasteiger partial charge in [-0.15, -0.1) is 0 Å². The predicted octanol–water partition coefficient (Wildman–Crippen LogP) is 2.29. The van der Waals surface area contributed by atoms with Crippen molar-refractivity contribution < 1.29 is 23.5 Å². The Kier molecular flexibility index (Phi) is 5.47. The summed E-state index contributed by atoms with van der Waals surface area (Å²) in [5.74, 6) is -1.21. The van der Waals surface area contributed by atoms with E-state index in [0.29, 0.717) is 5.56 Å². The summed E-state index contributed by atoms with van der Waals surface area (Å²) in [7, 11) is 4.24. The van der Waals surface area contributed by atoms with Gasteiger partial charge in [-0.1, -0.05) is 6.07 Å². The number of hydrogen-bond donors (Lipinski definition) is 0. The third-order valence-electron chi connectivity index (χ3n) is 3.39. The number of aromatic nitrogens is 1. The summed E-state index contributed by atoms with van der Waals surface area (Å²) < 4.78 is 23.1. The van der Waals surface area contributed by atoms with Crippen molar-refractivity contribution in [3.05, 3.63) is 59.2 Å². The van der Waals surface area contributed by atoms with Crippen molar-refractivity contribution >= 4 is 11.9 Å². The van der Waals surface area contributed by atoms with Gasteiger partial charge in [-0.25, -0.2) is 9.18 Å². The Morgan fingerprint density at radius 1 is 1.21 bits per heavy atom. The van der Waals surface area contributed by atoms with Gasteiger partial charge >= 0.3 is 5.97 Å². The van der Waals surface area contributed by atoms with Gasteiger partial charge in [-0.3, -0.25) is 9.78 Å². The smallest absolute Gasteiger partial charge is 0.339 e. The van der Waals surface area contributed by atoms with Crippen molar-refractivity contribution in [1.82, 2.24) is 9.88 Å². The zero-order valence-electron chi connectivity index (χ0n) is 13.6. The number of carbonyl (C=O) groups excluding carboxylic acids is 2. The van der Waals surface area contributed by atoms with Crippen molar-refractivity contribution in [3.8, 4) is 5.75 Å². The lowest BCUT2D eigenvalue weighted by Crippen LogP contribution is -2.27. The summed E-state index contributed by atoms with van der Waals surface area (Å²) in [6, 6.07) is 7.41. The molecule has 0 fully saturated rings. The summed E-state index contributed by atoms with van der Waals surface area (Å²) in [6.45, 7) is 0.209. The molecule has 1 heterocycles. The maximum absolute atomic E-state index is 13.7.